The van der Waals surface area contributed by atoms with Crippen molar-refractivity contribution < 1.29 is 9.66 Å². The van der Waals surface area contributed by atoms with Gasteiger partial charge in [-0.3, -0.25) is 15.5 Å². The Hall–Kier alpha value is -1.82. The fourth-order valence-corrected chi connectivity index (χ4v) is 1.17. The third-order valence-corrected chi connectivity index (χ3v) is 2.16. The maximum Gasteiger partial charge on any atom is 0.271 e. The Morgan fingerprint density at radius 1 is 1.69 bits per heavy atom. The number of nitrogens with zero attached hydrogens (tertiary/aromatic N) is 1. The number of halogens is 1. The lowest BCUT2D eigenvalue weighted by atomic mass is 10.3. The first-order valence-corrected chi connectivity index (χ1v) is 4.74. The molecular weight excluding hydrogens is 234 g/mol. The highest BCUT2D eigenvalue weighted by molar-refractivity contribution is 6.32. The van der Waals surface area contributed by atoms with Crippen LogP contribution in [0.3, 0.4) is 0 Å². The van der Waals surface area contributed by atoms with Crippen molar-refractivity contribution in [3.63, 3.8) is 0 Å². The molecule has 0 aliphatic carbocycles. The number of nitrogens with two attached hydrogens (primary N) is 1. The van der Waals surface area contributed by atoms with Gasteiger partial charge in [0.25, 0.3) is 5.69 Å². The molecule has 0 aliphatic rings. The predicted molar refractivity (Wildman–Crippen MR) is 60.1 cm³/mol. The van der Waals surface area contributed by atoms with Crippen molar-refractivity contribution in [2.24, 2.45) is 5.73 Å². The van der Waals surface area contributed by atoms with Crippen molar-refractivity contribution in [2.45, 2.75) is 13.0 Å². The number of benzene rings is 1. The van der Waals surface area contributed by atoms with Crippen molar-refractivity contribution in [3.8, 4) is 5.75 Å². The maximum absolute atomic E-state index is 10.4. The quantitative estimate of drug-likeness (QED) is 0.365. The van der Waals surface area contributed by atoms with E-state index >= 15 is 0 Å². The Morgan fingerprint density at radius 2 is 2.31 bits per heavy atom. The van der Waals surface area contributed by atoms with Crippen molar-refractivity contribution in [3.05, 3.63) is 33.3 Å². The molecule has 0 spiro atoms. The van der Waals surface area contributed by atoms with Gasteiger partial charge in [0.2, 0.25) is 0 Å². The molecule has 1 unspecified atom stereocenters. The van der Waals surface area contributed by atoms with Gasteiger partial charge in [-0.25, -0.2) is 0 Å². The maximum atomic E-state index is 10.4. The Labute approximate surface area is 96.6 Å². The molecule has 0 radical (unpaired) electrons. The van der Waals surface area contributed by atoms with Crippen LogP contribution in [-0.2, 0) is 0 Å². The van der Waals surface area contributed by atoms with E-state index in [1.54, 1.807) is 6.92 Å². The minimum Gasteiger partial charge on any atom is -0.481 e. The Morgan fingerprint density at radius 3 is 2.75 bits per heavy atom. The second-order valence-corrected chi connectivity index (χ2v) is 3.49. The molecule has 0 aromatic heterocycles. The second-order valence-electron chi connectivity index (χ2n) is 3.09. The van der Waals surface area contributed by atoms with Gasteiger partial charge in [-0.2, -0.15) is 0 Å². The number of hydrogen-bond acceptors (Lipinski definition) is 4. The van der Waals surface area contributed by atoms with Gasteiger partial charge in [-0.05, 0) is 13.0 Å². The van der Waals surface area contributed by atoms with Crippen molar-refractivity contribution in [2.75, 3.05) is 0 Å². The highest BCUT2D eigenvalue weighted by Gasteiger charge is 2.13. The summed E-state index contributed by atoms with van der Waals surface area (Å²) >= 11 is 5.78. The van der Waals surface area contributed by atoms with Gasteiger partial charge >= 0.3 is 0 Å². The summed E-state index contributed by atoms with van der Waals surface area (Å²) in [4.78, 5) is 9.90. The lowest BCUT2D eigenvalue weighted by Gasteiger charge is -2.13. The molecule has 86 valence electrons. The molecule has 1 rings (SSSR count). The van der Waals surface area contributed by atoms with Gasteiger partial charge in [0.05, 0.1) is 9.95 Å². The number of nitro benzene ring substituents is 1. The molecule has 0 fully saturated rings. The molecule has 0 heterocycles. The molecule has 0 saturated heterocycles. The minimum absolute atomic E-state index is 0.113. The van der Waals surface area contributed by atoms with E-state index in [9.17, 15) is 10.1 Å². The average Bonchev–Trinajstić information content (AvgIpc) is 2.20. The molecule has 16 heavy (non-hydrogen) atoms. The summed E-state index contributed by atoms with van der Waals surface area (Å²) < 4.78 is 5.24. The summed E-state index contributed by atoms with van der Waals surface area (Å²) in [7, 11) is 0. The fourth-order valence-electron chi connectivity index (χ4n) is 0.953. The highest BCUT2D eigenvalue weighted by atomic mass is 35.5. The van der Waals surface area contributed by atoms with Crippen LogP contribution in [0.15, 0.2) is 18.2 Å². The van der Waals surface area contributed by atoms with Crippen LogP contribution in [0.5, 0.6) is 5.75 Å². The van der Waals surface area contributed by atoms with Crippen LogP contribution in [0.4, 0.5) is 5.69 Å². The van der Waals surface area contributed by atoms with Crippen LogP contribution in [0.25, 0.3) is 0 Å². The molecule has 0 aliphatic heterocycles. The SMILES string of the molecule is CC(Oc1ccc([N+](=O)[O-])cc1Cl)C(=N)N. The van der Waals surface area contributed by atoms with Crippen LogP contribution in [0.2, 0.25) is 5.02 Å². The van der Waals surface area contributed by atoms with Gasteiger partial charge in [-0.1, -0.05) is 11.6 Å². The largest absolute Gasteiger partial charge is 0.481 e. The standard InChI is InChI=1S/C9H10ClN3O3/c1-5(9(11)12)16-8-3-2-6(13(14)15)4-7(8)10/h2-5H,1H3,(H3,11,12). The summed E-state index contributed by atoms with van der Waals surface area (Å²) in [5.74, 6) is 0.115. The third-order valence-electron chi connectivity index (χ3n) is 1.87. The van der Waals surface area contributed by atoms with Crippen LogP contribution in [0.1, 0.15) is 6.92 Å². The predicted octanol–water partition coefficient (Wildman–Crippen LogP) is 1.95. The number of nitro groups is 1. The van der Waals surface area contributed by atoms with Gasteiger partial charge < -0.3 is 10.5 Å². The van der Waals surface area contributed by atoms with Gasteiger partial charge in [0.15, 0.2) is 6.10 Å². The summed E-state index contributed by atoms with van der Waals surface area (Å²) in [5, 5.41) is 17.7. The number of nitrogens with one attached hydrogen (secondary N) is 1. The van der Waals surface area contributed by atoms with Gasteiger partial charge in [0, 0.05) is 12.1 Å². The first kappa shape index (κ1) is 12.3. The number of hydrogen-bond donors (Lipinski definition) is 2. The molecular formula is C9H10ClN3O3. The fraction of sp³-hybridized carbons (Fsp3) is 0.222. The van der Waals surface area contributed by atoms with Crippen molar-refractivity contribution >= 4 is 23.1 Å². The van der Waals surface area contributed by atoms with Crippen molar-refractivity contribution in [1.82, 2.24) is 0 Å². The number of amidine groups is 1. The van der Waals surface area contributed by atoms with Crippen molar-refractivity contribution in [1.29, 1.82) is 5.41 Å². The molecule has 1 aromatic rings. The number of ether oxygens (including phenoxy) is 1. The highest BCUT2D eigenvalue weighted by Crippen LogP contribution is 2.29. The minimum atomic E-state index is -0.626. The molecule has 1 atom stereocenters. The Kier molecular flexibility index (Phi) is 3.68. The smallest absolute Gasteiger partial charge is 0.271 e. The van der Waals surface area contributed by atoms with Gasteiger partial charge in [0.1, 0.15) is 11.6 Å². The first-order chi connectivity index (χ1) is 7.41. The molecule has 7 heteroatoms. The molecule has 1 aromatic carbocycles. The van der Waals surface area contributed by atoms with E-state index in [4.69, 9.17) is 27.5 Å². The zero-order chi connectivity index (χ0) is 12.3. The summed E-state index contributed by atoms with van der Waals surface area (Å²) in [6.45, 7) is 1.58. The van der Waals surface area contributed by atoms with Gasteiger partial charge in [-0.15, -0.1) is 0 Å². The van der Waals surface area contributed by atoms with E-state index in [1.807, 2.05) is 0 Å². The summed E-state index contributed by atoms with van der Waals surface area (Å²) in [5.41, 5.74) is 5.10. The Balaban J connectivity index is 2.91. The lowest BCUT2D eigenvalue weighted by molar-refractivity contribution is -0.384. The number of non-ortho nitro benzene ring substituents is 1. The van der Waals surface area contributed by atoms with Crippen LogP contribution < -0.4 is 10.5 Å². The molecule has 0 bridgehead atoms. The monoisotopic (exact) mass is 243 g/mol. The lowest BCUT2D eigenvalue weighted by Crippen LogP contribution is -2.30. The van der Waals surface area contributed by atoms with E-state index < -0.39 is 11.0 Å². The van der Waals surface area contributed by atoms with E-state index in [2.05, 4.69) is 0 Å². The molecule has 0 saturated carbocycles. The Bertz CT molecular complexity index is 436. The second kappa shape index (κ2) is 4.80. The number of rotatable bonds is 4. The normalized spacial score (nSPS) is 11.9. The van der Waals surface area contributed by atoms with E-state index in [0.29, 0.717) is 0 Å². The molecule has 3 N–H and O–H groups in total. The molecule has 6 nitrogen and oxygen atoms in total. The topological polar surface area (TPSA) is 102 Å². The zero-order valence-electron chi connectivity index (χ0n) is 8.44. The van der Waals surface area contributed by atoms with E-state index in [1.165, 1.54) is 18.2 Å². The first-order valence-electron chi connectivity index (χ1n) is 4.36. The van der Waals surface area contributed by atoms with Crippen LogP contribution in [-0.4, -0.2) is 16.9 Å². The third kappa shape index (κ3) is 2.83. The zero-order valence-corrected chi connectivity index (χ0v) is 9.19. The summed E-state index contributed by atoms with van der Waals surface area (Å²) in [6, 6.07) is 3.83. The van der Waals surface area contributed by atoms with Crippen LogP contribution in [0, 0.1) is 15.5 Å². The molecule has 0 amide bonds. The van der Waals surface area contributed by atoms with E-state index in [0.717, 1.165) is 0 Å². The van der Waals surface area contributed by atoms with E-state index in [-0.39, 0.29) is 22.3 Å². The summed E-state index contributed by atoms with van der Waals surface area (Å²) in [6.07, 6.45) is -0.626. The average molecular weight is 244 g/mol. The van der Waals surface area contributed by atoms with Crippen LogP contribution >= 0.6 is 11.6 Å².